The highest BCUT2D eigenvalue weighted by Crippen LogP contribution is 2.44. The first kappa shape index (κ1) is 12.4. The van der Waals surface area contributed by atoms with Crippen LogP contribution in [0.15, 0.2) is 23.5 Å². The van der Waals surface area contributed by atoms with Crippen molar-refractivity contribution < 1.29 is 4.74 Å². The number of allylic oxidation sites excluding steroid dienone is 1. The Morgan fingerprint density at radius 2 is 2.53 bits per heavy atom. The van der Waals surface area contributed by atoms with E-state index in [2.05, 4.69) is 16.5 Å². The van der Waals surface area contributed by atoms with Crippen LogP contribution in [-0.4, -0.2) is 16.6 Å². The summed E-state index contributed by atoms with van der Waals surface area (Å²) >= 11 is 1.64. The van der Waals surface area contributed by atoms with Gasteiger partial charge in [-0.05, 0) is 31.2 Å². The molecule has 0 radical (unpaired) electrons. The molecule has 1 aliphatic rings. The predicted molar refractivity (Wildman–Crippen MR) is 76.7 cm³/mol. The maximum atomic E-state index is 12.0. The number of nitrogens with zero attached hydrogens (tertiary/aromatic N) is 1. The number of ether oxygens (including phenoxy) is 1. The summed E-state index contributed by atoms with van der Waals surface area (Å²) in [4.78, 5) is 21.1. The largest absolute Gasteiger partial charge is 0.499 e. The summed E-state index contributed by atoms with van der Waals surface area (Å²) < 4.78 is 5.45. The number of aromatic amines is 1. The van der Waals surface area contributed by atoms with E-state index in [-0.39, 0.29) is 5.56 Å². The van der Waals surface area contributed by atoms with Gasteiger partial charge in [0.25, 0.3) is 5.56 Å². The zero-order chi connectivity index (χ0) is 13.4. The molecule has 0 amide bonds. The molecule has 1 atom stereocenters. The molecule has 19 heavy (non-hydrogen) atoms. The SMILES string of the molecule is C=C(CC1CCc2sc3nc[nH]c(=O)c3c21)OCC. The van der Waals surface area contributed by atoms with Crippen LogP contribution in [0.5, 0.6) is 0 Å². The highest BCUT2D eigenvalue weighted by atomic mass is 32.1. The molecule has 1 N–H and O–H groups in total. The number of fused-ring (bicyclic) bond motifs is 3. The van der Waals surface area contributed by atoms with Crippen molar-refractivity contribution in [2.24, 2.45) is 0 Å². The summed E-state index contributed by atoms with van der Waals surface area (Å²) in [5.41, 5.74) is 1.15. The summed E-state index contributed by atoms with van der Waals surface area (Å²) in [6.45, 7) is 6.55. The second-order valence-electron chi connectivity index (χ2n) is 4.76. The van der Waals surface area contributed by atoms with E-state index in [1.807, 2.05) is 6.92 Å². The number of rotatable bonds is 4. The Bertz CT molecular complexity index is 686. The molecule has 1 aliphatic carbocycles. The fourth-order valence-electron chi connectivity index (χ4n) is 2.82. The van der Waals surface area contributed by atoms with Gasteiger partial charge in [0.15, 0.2) is 0 Å². The van der Waals surface area contributed by atoms with Crippen LogP contribution in [0.3, 0.4) is 0 Å². The van der Waals surface area contributed by atoms with Gasteiger partial charge in [0.2, 0.25) is 0 Å². The summed E-state index contributed by atoms with van der Waals surface area (Å²) in [7, 11) is 0. The molecular formula is C14H16N2O2S. The molecule has 2 heterocycles. The van der Waals surface area contributed by atoms with Gasteiger partial charge in [-0.2, -0.15) is 0 Å². The quantitative estimate of drug-likeness (QED) is 0.873. The summed E-state index contributed by atoms with van der Waals surface area (Å²) in [6.07, 6.45) is 4.36. The second kappa shape index (κ2) is 4.81. The smallest absolute Gasteiger partial charge is 0.259 e. The molecule has 1 unspecified atom stereocenters. The highest BCUT2D eigenvalue weighted by molar-refractivity contribution is 7.18. The van der Waals surface area contributed by atoms with Gasteiger partial charge in [0, 0.05) is 11.3 Å². The third-order valence-corrected chi connectivity index (χ3v) is 4.73. The first-order valence-electron chi connectivity index (χ1n) is 6.50. The van der Waals surface area contributed by atoms with E-state index >= 15 is 0 Å². The molecule has 4 nitrogen and oxygen atoms in total. The molecule has 3 rings (SSSR count). The summed E-state index contributed by atoms with van der Waals surface area (Å²) in [5, 5.41) is 0.772. The van der Waals surface area contributed by atoms with E-state index in [0.717, 1.165) is 35.2 Å². The number of nitrogens with one attached hydrogen (secondary N) is 1. The van der Waals surface area contributed by atoms with Crippen molar-refractivity contribution in [3.63, 3.8) is 0 Å². The normalized spacial score (nSPS) is 17.6. The van der Waals surface area contributed by atoms with Gasteiger partial charge in [-0.1, -0.05) is 6.58 Å². The molecule has 0 aliphatic heterocycles. The molecule has 100 valence electrons. The lowest BCUT2D eigenvalue weighted by atomic mass is 9.97. The monoisotopic (exact) mass is 276 g/mol. The molecule has 0 fully saturated rings. The Morgan fingerprint density at radius 3 is 3.32 bits per heavy atom. The average Bonchev–Trinajstić information content (AvgIpc) is 2.90. The molecule has 0 spiro atoms. The van der Waals surface area contributed by atoms with Crippen molar-refractivity contribution in [1.82, 2.24) is 9.97 Å². The van der Waals surface area contributed by atoms with E-state index in [4.69, 9.17) is 4.74 Å². The number of hydrogen-bond donors (Lipinski definition) is 1. The zero-order valence-electron chi connectivity index (χ0n) is 10.9. The Labute approximate surface area is 115 Å². The third kappa shape index (κ3) is 2.08. The number of H-pyrrole nitrogens is 1. The van der Waals surface area contributed by atoms with Crippen molar-refractivity contribution in [2.45, 2.75) is 32.1 Å². The number of aromatic nitrogens is 2. The van der Waals surface area contributed by atoms with E-state index < -0.39 is 0 Å². The van der Waals surface area contributed by atoms with Crippen LogP contribution < -0.4 is 5.56 Å². The van der Waals surface area contributed by atoms with Crippen LogP contribution in [0, 0.1) is 0 Å². The van der Waals surface area contributed by atoms with Crippen molar-refractivity contribution in [3.05, 3.63) is 39.5 Å². The Hall–Kier alpha value is -1.62. The van der Waals surface area contributed by atoms with Gasteiger partial charge in [-0.15, -0.1) is 11.3 Å². The standard InChI is InChI=1S/C14H16N2O2S/c1-3-18-8(2)6-9-4-5-10-11(9)12-13(17)15-7-16-14(12)19-10/h7,9H,2-6H2,1H3,(H,15,16,17). The van der Waals surface area contributed by atoms with Gasteiger partial charge >= 0.3 is 0 Å². The van der Waals surface area contributed by atoms with Crippen molar-refractivity contribution in [1.29, 1.82) is 0 Å². The van der Waals surface area contributed by atoms with Gasteiger partial charge in [0.1, 0.15) is 4.83 Å². The Balaban J connectivity index is 2.01. The maximum Gasteiger partial charge on any atom is 0.259 e. The summed E-state index contributed by atoms with van der Waals surface area (Å²) in [6, 6.07) is 0. The van der Waals surface area contributed by atoms with E-state index in [1.54, 1.807) is 11.3 Å². The topological polar surface area (TPSA) is 55.0 Å². The Kier molecular flexibility index (Phi) is 3.14. The zero-order valence-corrected chi connectivity index (χ0v) is 11.7. The lowest BCUT2D eigenvalue weighted by Crippen LogP contribution is -2.08. The van der Waals surface area contributed by atoms with Crippen LogP contribution in [0.4, 0.5) is 0 Å². The molecule has 0 saturated heterocycles. The van der Waals surface area contributed by atoms with Gasteiger partial charge < -0.3 is 9.72 Å². The van der Waals surface area contributed by atoms with E-state index in [1.165, 1.54) is 16.8 Å². The average molecular weight is 276 g/mol. The minimum Gasteiger partial charge on any atom is -0.499 e. The maximum absolute atomic E-state index is 12.0. The number of hydrogen-bond acceptors (Lipinski definition) is 4. The molecule has 0 saturated carbocycles. The fraction of sp³-hybridized carbons (Fsp3) is 0.429. The number of thiophene rings is 1. The first-order valence-corrected chi connectivity index (χ1v) is 7.32. The fourth-order valence-corrected chi connectivity index (χ4v) is 4.06. The lowest BCUT2D eigenvalue weighted by Gasteiger charge is -2.13. The lowest BCUT2D eigenvalue weighted by molar-refractivity contribution is 0.215. The second-order valence-corrected chi connectivity index (χ2v) is 5.85. The predicted octanol–water partition coefficient (Wildman–Crippen LogP) is 2.95. The Morgan fingerprint density at radius 1 is 1.68 bits per heavy atom. The van der Waals surface area contributed by atoms with Gasteiger partial charge in [-0.3, -0.25) is 4.79 Å². The van der Waals surface area contributed by atoms with Crippen LogP contribution >= 0.6 is 11.3 Å². The molecular weight excluding hydrogens is 260 g/mol. The van der Waals surface area contributed by atoms with Crippen LogP contribution in [0.25, 0.3) is 10.2 Å². The first-order chi connectivity index (χ1) is 9.20. The van der Waals surface area contributed by atoms with Crippen molar-refractivity contribution in [2.75, 3.05) is 6.61 Å². The van der Waals surface area contributed by atoms with E-state index in [9.17, 15) is 4.79 Å². The molecule has 0 bridgehead atoms. The molecule has 2 aromatic rings. The van der Waals surface area contributed by atoms with Gasteiger partial charge in [-0.25, -0.2) is 4.98 Å². The van der Waals surface area contributed by atoms with Crippen LogP contribution in [-0.2, 0) is 11.2 Å². The minimum absolute atomic E-state index is 0.0311. The van der Waals surface area contributed by atoms with Crippen LogP contribution in [0.1, 0.15) is 36.1 Å². The van der Waals surface area contributed by atoms with Crippen molar-refractivity contribution in [3.8, 4) is 0 Å². The molecule has 0 aromatic carbocycles. The van der Waals surface area contributed by atoms with E-state index in [0.29, 0.717) is 12.5 Å². The molecule has 5 heteroatoms. The summed E-state index contributed by atoms with van der Waals surface area (Å²) in [5.74, 6) is 1.15. The highest BCUT2D eigenvalue weighted by Gasteiger charge is 2.29. The number of aryl methyl sites for hydroxylation is 1. The minimum atomic E-state index is -0.0311. The van der Waals surface area contributed by atoms with Crippen LogP contribution in [0.2, 0.25) is 0 Å². The van der Waals surface area contributed by atoms with Crippen molar-refractivity contribution >= 4 is 21.6 Å². The van der Waals surface area contributed by atoms with Gasteiger partial charge in [0.05, 0.1) is 24.1 Å². The molecule has 2 aromatic heterocycles. The third-order valence-electron chi connectivity index (χ3n) is 3.56.